The minimum atomic E-state index is -1.48. The van der Waals surface area contributed by atoms with Gasteiger partial charge in [-0.25, -0.2) is 0 Å². The molecule has 2 unspecified atom stereocenters. The van der Waals surface area contributed by atoms with Gasteiger partial charge in [-0.1, -0.05) is 13.8 Å². The van der Waals surface area contributed by atoms with Gasteiger partial charge < -0.3 is 50.8 Å². The van der Waals surface area contributed by atoms with Crippen LogP contribution in [0.2, 0.25) is 0 Å². The average Bonchev–Trinajstić information content (AvgIpc) is 3.77. The van der Waals surface area contributed by atoms with E-state index in [0.29, 0.717) is 0 Å². The van der Waals surface area contributed by atoms with Crippen LogP contribution in [0.15, 0.2) is 24.3 Å². The Morgan fingerprint density at radius 3 is 1.65 bits per heavy atom. The fourth-order valence-electron chi connectivity index (χ4n) is 9.37. The summed E-state index contributed by atoms with van der Waals surface area (Å²) in [5.41, 5.74) is -1.40. The minimum absolute atomic E-state index is 0.0734. The number of aryl methyl sites for hydroxylation is 1. The van der Waals surface area contributed by atoms with Crippen LogP contribution in [-0.4, -0.2) is 109 Å². The number of hydrogen-bond acceptors (Lipinski definition) is 10. The molecule has 10 N–H and O–H groups in total. The van der Waals surface area contributed by atoms with Crippen molar-refractivity contribution in [3.63, 3.8) is 0 Å². The topological polar surface area (TPSA) is 356 Å². The maximum Gasteiger partial charge on any atom is 0.307 e. The molecule has 0 spiro atoms. The number of aliphatic carboxylic acids is 8. The van der Waals surface area contributed by atoms with Gasteiger partial charge in [0.05, 0.1) is 25.7 Å². The molecule has 0 radical (unpaired) electrons. The molecule has 20 heteroatoms. The zero-order chi connectivity index (χ0) is 45.8. The van der Waals surface area contributed by atoms with Gasteiger partial charge in [0.1, 0.15) is 0 Å². The molecule has 3 aliphatic heterocycles. The van der Waals surface area contributed by atoms with E-state index in [0.717, 1.165) is 0 Å². The first-order chi connectivity index (χ1) is 29.0. The molecule has 8 bridgehead atoms. The molecule has 0 fully saturated rings. The Hall–Kier alpha value is -6.86. The second-order valence-corrected chi connectivity index (χ2v) is 16.5. The van der Waals surface area contributed by atoms with Gasteiger partial charge in [-0.3, -0.25) is 48.3 Å². The summed E-state index contributed by atoms with van der Waals surface area (Å²) in [7, 11) is 0. The number of carboxylic acids is 8. The van der Waals surface area contributed by atoms with E-state index >= 15 is 0 Å². The standard InChI is InChI=1S/C42H48N4O16/c1-41(17-39(59)60)23(5-9-35(51)52)29-14-27-21(11-37(55)56)19(3-7-33(47)48)25(43-27)13-26-20(4-8-34(49)50)22(12-38(57)58)28(44-26)15-31-42(2,18-40(61)62)24(6-10-36(53)54)30(46-31)16-32(41)45-29/h13-16,19,21,23-24,44-45H,3-12,17-18H2,1-2H3,(H,47,48)(H,49,50)(H,51,52)(H,53,54)(H,55,56)(H,57,58)(H,59,60)(H,61,62)/t19?,21?,23-,24-,41+,42+/m1/s1. The number of hydrogen-bond donors (Lipinski definition) is 10. The Morgan fingerprint density at radius 2 is 1.08 bits per heavy atom. The Morgan fingerprint density at radius 1 is 0.532 bits per heavy atom. The number of carbonyl (C=O) groups is 8. The molecule has 2 aromatic rings. The molecule has 0 saturated heterocycles. The summed E-state index contributed by atoms with van der Waals surface area (Å²) in [6.45, 7) is 3.14. The lowest BCUT2D eigenvalue weighted by Crippen LogP contribution is -2.31. The van der Waals surface area contributed by atoms with Crippen molar-refractivity contribution in [3.8, 4) is 0 Å². The third-order valence-corrected chi connectivity index (χ3v) is 12.3. The predicted octanol–water partition coefficient (Wildman–Crippen LogP) is 4.65. The monoisotopic (exact) mass is 864 g/mol. The van der Waals surface area contributed by atoms with Gasteiger partial charge in [-0.15, -0.1) is 0 Å². The molecule has 0 saturated carbocycles. The fraction of sp³-hybridized carbons (Fsp3) is 0.476. The van der Waals surface area contributed by atoms with Crippen molar-refractivity contribution in [2.24, 2.45) is 0 Å². The van der Waals surface area contributed by atoms with Crippen LogP contribution in [0.4, 0.5) is 0 Å². The maximum atomic E-state index is 12.6. The number of nitrogens with one attached hydrogen (secondary N) is 2. The second-order valence-electron chi connectivity index (χ2n) is 16.5. The van der Waals surface area contributed by atoms with Crippen LogP contribution in [0.3, 0.4) is 0 Å². The lowest BCUT2D eigenvalue weighted by atomic mass is 9.69. The number of H-pyrrole nitrogens is 2. The molecule has 2 aromatic heterocycles. The first-order valence-corrected chi connectivity index (χ1v) is 19.8. The summed E-state index contributed by atoms with van der Waals surface area (Å²) in [6.07, 6.45) is -4.78. The Balaban J connectivity index is 2.06. The lowest BCUT2D eigenvalue weighted by molar-refractivity contribution is -0.140. The van der Waals surface area contributed by atoms with E-state index in [1.165, 1.54) is 24.3 Å². The number of aromatic amines is 2. The van der Waals surface area contributed by atoms with Crippen molar-refractivity contribution >= 4 is 58.8 Å². The van der Waals surface area contributed by atoms with Crippen LogP contribution in [0.1, 0.15) is 147 Å². The van der Waals surface area contributed by atoms with Crippen LogP contribution < -0.4 is 0 Å². The highest BCUT2D eigenvalue weighted by Gasteiger charge is 2.48. The molecule has 0 aliphatic carbocycles. The summed E-state index contributed by atoms with van der Waals surface area (Å²) >= 11 is 0. The summed E-state index contributed by atoms with van der Waals surface area (Å²) in [5, 5.41) is 79.8. The Kier molecular flexibility index (Phi) is 13.7. The fourth-order valence-corrected chi connectivity index (χ4v) is 9.37. The zero-order valence-electron chi connectivity index (χ0n) is 33.8. The van der Waals surface area contributed by atoms with E-state index < -0.39 is 134 Å². The highest BCUT2D eigenvalue weighted by atomic mass is 16.4. The van der Waals surface area contributed by atoms with E-state index in [1.54, 1.807) is 13.8 Å². The smallest absolute Gasteiger partial charge is 0.307 e. The highest BCUT2D eigenvalue weighted by molar-refractivity contribution is 5.82. The van der Waals surface area contributed by atoms with Crippen LogP contribution in [0.5, 0.6) is 0 Å². The first-order valence-electron chi connectivity index (χ1n) is 19.8. The van der Waals surface area contributed by atoms with Crippen molar-refractivity contribution in [3.05, 3.63) is 69.6 Å². The molecule has 3 aliphatic rings. The third kappa shape index (κ3) is 10.2. The highest BCUT2D eigenvalue weighted by Crippen LogP contribution is 2.52. The van der Waals surface area contributed by atoms with Gasteiger partial charge >= 0.3 is 47.8 Å². The van der Waals surface area contributed by atoms with E-state index in [-0.39, 0.29) is 82.0 Å². The number of nitrogens with zero attached hydrogens (tertiary/aromatic N) is 2. The lowest BCUT2D eigenvalue weighted by Gasteiger charge is -2.32. The third-order valence-electron chi connectivity index (χ3n) is 12.3. The van der Waals surface area contributed by atoms with Gasteiger partial charge in [0.2, 0.25) is 0 Å². The van der Waals surface area contributed by atoms with Crippen molar-refractivity contribution in [2.75, 3.05) is 0 Å². The quantitative estimate of drug-likeness (QED) is 0.0865. The Bertz CT molecular complexity index is 2400. The van der Waals surface area contributed by atoms with Gasteiger partial charge in [0, 0.05) is 105 Å². The van der Waals surface area contributed by atoms with Crippen molar-refractivity contribution in [1.29, 1.82) is 0 Å². The Labute approximate surface area is 352 Å². The summed E-state index contributed by atoms with van der Waals surface area (Å²) in [6, 6.07) is 5.85. The molecular formula is C42H48N4O16. The van der Waals surface area contributed by atoms with Crippen molar-refractivity contribution < 1.29 is 79.2 Å². The van der Waals surface area contributed by atoms with Gasteiger partial charge in [0.15, 0.2) is 0 Å². The number of aromatic nitrogens is 4. The molecule has 0 amide bonds. The van der Waals surface area contributed by atoms with Gasteiger partial charge in [-0.05, 0) is 61.1 Å². The van der Waals surface area contributed by atoms with Crippen LogP contribution in [0.25, 0.3) is 11.0 Å². The summed E-state index contributed by atoms with van der Waals surface area (Å²) in [5.74, 6) is -13.7. The summed E-state index contributed by atoms with van der Waals surface area (Å²) in [4.78, 5) is 114. The first kappa shape index (κ1) is 46.2. The minimum Gasteiger partial charge on any atom is -0.481 e. The molecule has 5 rings (SSSR count). The average molecular weight is 865 g/mol. The number of fused-ring (bicyclic) bond motifs is 8. The largest absolute Gasteiger partial charge is 0.481 e. The van der Waals surface area contributed by atoms with E-state index in [1.807, 2.05) is 0 Å². The van der Waals surface area contributed by atoms with Crippen LogP contribution in [-0.2, 0) is 62.0 Å². The molecule has 6 atom stereocenters. The van der Waals surface area contributed by atoms with E-state index in [2.05, 4.69) is 9.97 Å². The molecular weight excluding hydrogens is 816 g/mol. The normalized spacial score (nSPS) is 22.4. The van der Waals surface area contributed by atoms with Crippen LogP contribution >= 0.6 is 0 Å². The number of carboxylic acid groups (broad SMARTS) is 8. The zero-order valence-corrected chi connectivity index (χ0v) is 33.8. The SMILES string of the molecule is C[C@@]1(CC(=O)O)c2cc3[nH]c(cc4nc(cc5[nH]c(cc(n2)[C@H]1CCC(=O)O)[C@@](C)(CC(=O)O)[C@@H]5CCC(=O)O)C(CC(=O)O)C4CCC(=O)O)c(CCC(=O)O)c3CC(=O)O. The van der Waals surface area contributed by atoms with Gasteiger partial charge in [0.25, 0.3) is 0 Å². The number of rotatable bonds is 20. The molecule has 20 nitrogen and oxygen atoms in total. The van der Waals surface area contributed by atoms with E-state index in [9.17, 15) is 79.2 Å². The van der Waals surface area contributed by atoms with Crippen molar-refractivity contribution in [1.82, 2.24) is 19.9 Å². The van der Waals surface area contributed by atoms with Crippen molar-refractivity contribution in [2.45, 2.75) is 125 Å². The van der Waals surface area contributed by atoms with Gasteiger partial charge in [-0.2, -0.15) is 0 Å². The van der Waals surface area contributed by atoms with Crippen LogP contribution in [0, 0.1) is 0 Å². The molecule has 5 heterocycles. The second kappa shape index (κ2) is 18.4. The summed E-state index contributed by atoms with van der Waals surface area (Å²) < 4.78 is 0. The molecule has 0 aromatic carbocycles. The molecule has 332 valence electrons. The predicted molar refractivity (Wildman–Crippen MR) is 213 cm³/mol. The van der Waals surface area contributed by atoms with E-state index in [4.69, 9.17) is 9.97 Å². The maximum absolute atomic E-state index is 12.6. The molecule has 62 heavy (non-hydrogen) atoms.